The van der Waals surface area contributed by atoms with Crippen LogP contribution in [0.1, 0.15) is 22.6 Å². The number of nitrogens with one attached hydrogen (secondary N) is 1. The van der Waals surface area contributed by atoms with Crippen LogP contribution in [0.15, 0.2) is 6.20 Å². The summed E-state index contributed by atoms with van der Waals surface area (Å²) in [5.74, 6) is -1.72. The van der Waals surface area contributed by atoms with E-state index in [1.807, 2.05) is 0 Å². The van der Waals surface area contributed by atoms with Gasteiger partial charge in [0.2, 0.25) is 6.17 Å². The molecular formula is C8H6F3N5O. The second-order valence-electron chi connectivity index (χ2n) is 3.15. The van der Waals surface area contributed by atoms with Crippen LogP contribution < -0.4 is 5.73 Å². The third kappa shape index (κ3) is 2.03. The summed E-state index contributed by atoms with van der Waals surface area (Å²) in [6.07, 6.45) is -4.75. The summed E-state index contributed by atoms with van der Waals surface area (Å²) in [4.78, 5) is 23.8. The molecule has 0 radical (unpaired) electrons. The molecule has 0 saturated carbocycles. The molecule has 0 saturated heterocycles. The molecule has 2 aromatic rings. The average Bonchev–Trinajstić information content (AvgIpc) is 2.70. The second kappa shape index (κ2) is 4.00. The molecule has 1 unspecified atom stereocenters. The molecule has 0 bridgehead atoms. The predicted octanol–water partition coefficient (Wildman–Crippen LogP) is 0.728. The highest BCUT2D eigenvalue weighted by molar-refractivity contribution is 5.92. The van der Waals surface area contributed by atoms with Gasteiger partial charge in [-0.2, -0.15) is 0 Å². The number of H-pyrrole nitrogens is 1. The number of hydrogen-bond donors (Lipinski definition) is 2. The number of carbonyl (C=O) groups excluding carboxylic acids is 1. The van der Waals surface area contributed by atoms with Crippen LogP contribution in [0.3, 0.4) is 0 Å². The zero-order valence-corrected chi connectivity index (χ0v) is 8.19. The van der Waals surface area contributed by atoms with Crippen LogP contribution in [0.2, 0.25) is 0 Å². The van der Waals surface area contributed by atoms with Crippen molar-refractivity contribution in [3.8, 4) is 0 Å². The first-order valence-electron chi connectivity index (χ1n) is 4.43. The number of fused-ring (bicyclic) bond motifs is 1. The zero-order valence-electron chi connectivity index (χ0n) is 8.19. The molecule has 0 aliphatic heterocycles. The van der Waals surface area contributed by atoms with Crippen molar-refractivity contribution in [3.05, 3.63) is 17.8 Å². The van der Waals surface area contributed by atoms with E-state index in [9.17, 15) is 18.0 Å². The molecule has 3 N–H and O–H groups in total. The topological polar surface area (TPSA) is 97.6 Å². The smallest absolute Gasteiger partial charge is 0.284 e. The normalized spacial score (nSPS) is 13.2. The number of amides is 1. The summed E-state index contributed by atoms with van der Waals surface area (Å²) in [5, 5.41) is 0. The van der Waals surface area contributed by atoms with E-state index in [4.69, 9.17) is 5.73 Å². The highest BCUT2D eigenvalue weighted by Gasteiger charge is 2.25. The van der Waals surface area contributed by atoms with Crippen LogP contribution in [0.5, 0.6) is 0 Å². The van der Waals surface area contributed by atoms with Crippen molar-refractivity contribution in [1.82, 2.24) is 19.9 Å². The van der Waals surface area contributed by atoms with Gasteiger partial charge in [-0.1, -0.05) is 0 Å². The Balaban J connectivity index is 2.46. The lowest BCUT2D eigenvalue weighted by Gasteiger charge is -2.03. The van der Waals surface area contributed by atoms with Crippen molar-refractivity contribution in [3.63, 3.8) is 0 Å². The molecule has 1 atom stereocenters. The van der Waals surface area contributed by atoms with Gasteiger partial charge in [0, 0.05) is 0 Å². The number of nitrogens with zero attached hydrogens (tertiary/aromatic N) is 3. The van der Waals surface area contributed by atoms with Gasteiger partial charge in [-0.3, -0.25) is 4.79 Å². The van der Waals surface area contributed by atoms with E-state index in [1.54, 1.807) is 0 Å². The number of rotatable bonds is 3. The number of hydrogen-bond acceptors (Lipinski definition) is 4. The van der Waals surface area contributed by atoms with Crippen LogP contribution in [0, 0.1) is 0 Å². The maximum atomic E-state index is 12.9. The van der Waals surface area contributed by atoms with Gasteiger partial charge in [0.05, 0.1) is 6.20 Å². The van der Waals surface area contributed by atoms with Crippen molar-refractivity contribution in [2.45, 2.75) is 12.6 Å². The van der Waals surface area contributed by atoms with Crippen molar-refractivity contribution in [2.75, 3.05) is 0 Å². The minimum absolute atomic E-state index is 0.0906. The summed E-state index contributed by atoms with van der Waals surface area (Å²) in [5.41, 5.74) is 5.07. The Kier molecular flexibility index (Phi) is 2.66. The molecule has 0 aliphatic rings. The molecule has 2 heterocycles. The fourth-order valence-electron chi connectivity index (χ4n) is 1.18. The average molecular weight is 245 g/mol. The number of nitrogens with two attached hydrogens (primary N) is 1. The molecule has 0 aliphatic carbocycles. The molecule has 0 spiro atoms. The number of primary amides is 1. The quantitative estimate of drug-likeness (QED) is 0.832. The lowest BCUT2D eigenvalue weighted by atomic mass is 10.3. The fourth-order valence-corrected chi connectivity index (χ4v) is 1.18. The summed E-state index contributed by atoms with van der Waals surface area (Å²) in [7, 11) is 0. The van der Waals surface area contributed by atoms with Gasteiger partial charge in [0.25, 0.3) is 12.3 Å². The van der Waals surface area contributed by atoms with Crippen molar-refractivity contribution in [2.24, 2.45) is 5.73 Å². The van der Waals surface area contributed by atoms with Crippen LogP contribution in [-0.4, -0.2) is 32.3 Å². The Bertz CT molecular complexity index is 569. The predicted molar refractivity (Wildman–Crippen MR) is 50.1 cm³/mol. The minimum Gasteiger partial charge on any atom is -0.363 e. The molecule has 17 heavy (non-hydrogen) atoms. The van der Waals surface area contributed by atoms with Crippen LogP contribution in [0.25, 0.3) is 11.2 Å². The molecule has 9 heteroatoms. The largest absolute Gasteiger partial charge is 0.363 e. The van der Waals surface area contributed by atoms with Gasteiger partial charge in [-0.25, -0.2) is 28.1 Å². The van der Waals surface area contributed by atoms with Gasteiger partial charge in [0.1, 0.15) is 5.52 Å². The Morgan fingerprint density at radius 2 is 2.06 bits per heavy atom. The molecule has 0 fully saturated rings. The lowest BCUT2D eigenvalue weighted by Crippen LogP contribution is -2.12. The van der Waals surface area contributed by atoms with Crippen molar-refractivity contribution >= 4 is 17.1 Å². The van der Waals surface area contributed by atoms with Crippen LogP contribution >= 0.6 is 0 Å². The molecule has 2 aromatic heterocycles. The van der Waals surface area contributed by atoms with E-state index in [2.05, 4.69) is 19.9 Å². The van der Waals surface area contributed by atoms with Crippen molar-refractivity contribution in [1.29, 1.82) is 0 Å². The van der Waals surface area contributed by atoms with Crippen molar-refractivity contribution < 1.29 is 18.0 Å². The molecule has 1 amide bonds. The number of imidazole rings is 1. The number of aromatic amines is 1. The maximum Gasteiger partial charge on any atom is 0.284 e. The minimum atomic E-state index is -3.22. The molecule has 90 valence electrons. The van der Waals surface area contributed by atoms with Crippen LogP contribution in [-0.2, 0) is 0 Å². The molecule has 6 nitrogen and oxygen atoms in total. The van der Waals surface area contributed by atoms with E-state index in [1.165, 1.54) is 0 Å². The van der Waals surface area contributed by atoms with E-state index < -0.39 is 24.3 Å². The Morgan fingerprint density at radius 3 is 2.65 bits per heavy atom. The summed E-state index contributed by atoms with van der Waals surface area (Å²) in [6.45, 7) is 0. The summed E-state index contributed by atoms with van der Waals surface area (Å²) in [6, 6.07) is 0. The molecule has 0 aromatic carbocycles. The molecular weight excluding hydrogens is 239 g/mol. The van der Waals surface area contributed by atoms with Gasteiger partial charge < -0.3 is 10.7 Å². The highest BCUT2D eigenvalue weighted by atomic mass is 19.3. The van der Waals surface area contributed by atoms with E-state index >= 15 is 0 Å². The zero-order chi connectivity index (χ0) is 12.6. The Labute approximate surface area is 92.1 Å². The number of carbonyl (C=O) groups is 1. The van der Waals surface area contributed by atoms with Gasteiger partial charge in [0.15, 0.2) is 17.3 Å². The number of alkyl halides is 3. The third-order valence-electron chi connectivity index (χ3n) is 1.96. The maximum absolute atomic E-state index is 12.9. The summed E-state index contributed by atoms with van der Waals surface area (Å²) < 4.78 is 37.1. The monoisotopic (exact) mass is 245 g/mol. The summed E-state index contributed by atoms with van der Waals surface area (Å²) >= 11 is 0. The number of halogens is 3. The highest BCUT2D eigenvalue weighted by Crippen LogP contribution is 2.22. The van der Waals surface area contributed by atoms with Gasteiger partial charge in [-0.15, -0.1) is 0 Å². The first-order chi connectivity index (χ1) is 7.99. The van der Waals surface area contributed by atoms with E-state index in [-0.39, 0.29) is 17.0 Å². The van der Waals surface area contributed by atoms with Gasteiger partial charge in [-0.05, 0) is 0 Å². The first kappa shape index (κ1) is 11.3. The third-order valence-corrected chi connectivity index (χ3v) is 1.96. The molecule has 2 rings (SSSR count). The Morgan fingerprint density at radius 1 is 1.35 bits per heavy atom. The standard InChI is InChI=1S/C8H6F3N5O/c9-3(4(10)11)7-13-1-2-6(15-7)16-8(14-2)5(12)17/h1,3-4H,(H2,12,17)(H,13,14,15,16). The van der Waals surface area contributed by atoms with Gasteiger partial charge >= 0.3 is 0 Å². The van der Waals surface area contributed by atoms with Crippen LogP contribution in [0.4, 0.5) is 13.2 Å². The number of aromatic nitrogens is 4. The Hall–Kier alpha value is -2.19. The SMILES string of the molecule is NC(=O)c1nc2nc(C(F)C(F)F)ncc2[nH]1. The van der Waals surface area contributed by atoms with E-state index in [0.29, 0.717) is 0 Å². The van der Waals surface area contributed by atoms with E-state index in [0.717, 1.165) is 6.20 Å². The lowest BCUT2D eigenvalue weighted by molar-refractivity contribution is 0.0449. The fraction of sp³-hybridized carbons (Fsp3) is 0.250. The first-order valence-corrected chi connectivity index (χ1v) is 4.43. The second-order valence-corrected chi connectivity index (χ2v) is 3.15.